The van der Waals surface area contributed by atoms with Gasteiger partial charge in [0.05, 0.1) is 19.3 Å². The lowest BCUT2D eigenvalue weighted by Gasteiger charge is -2.18. The summed E-state index contributed by atoms with van der Waals surface area (Å²) in [6.45, 7) is 1.62. The van der Waals surface area contributed by atoms with Gasteiger partial charge in [-0.15, -0.1) is 0 Å². The molecule has 1 atom stereocenters. The molecule has 0 aromatic heterocycles. The second kappa shape index (κ2) is 8.63. The molecule has 0 aliphatic rings. The van der Waals surface area contributed by atoms with Crippen LogP contribution in [-0.4, -0.2) is 39.4 Å². The molecule has 1 aromatic carbocycles. The summed E-state index contributed by atoms with van der Waals surface area (Å²) in [7, 11) is 1.67. The van der Waals surface area contributed by atoms with Crippen molar-refractivity contribution in [3.8, 4) is 0 Å². The number of nitrogens with two attached hydrogens (primary N) is 1. The Labute approximate surface area is 107 Å². The maximum atomic E-state index is 10.5. The monoisotopic (exact) mass is 252 g/mol. The minimum Gasteiger partial charge on any atom is -0.383 e. The Morgan fingerprint density at radius 3 is 2.72 bits per heavy atom. The van der Waals surface area contributed by atoms with Gasteiger partial charge in [-0.1, -0.05) is 30.3 Å². The third-order valence-corrected chi connectivity index (χ3v) is 2.42. The minimum absolute atomic E-state index is 0.0397. The summed E-state index contributed by atoms with van der Waals surface area (Å²) in [5.41, 5.74) is 6.13. The highest BCUT2D eigenvalue weighted by atomic mass is 16.5. The molecular weight excluding hydrogens is 232 g/mol. The van der Waals surface area contributed by atoms with E-state index in [1.807, 2.05) is 30.3 Å². The van der Waals surface area contributed by atoms with Crippen molar-refractivity contribution in [2.45, 2.75) is 6.04 Å². The van der Waals surface area contributed by atoms with Crippen LogP contribution in [0.15, 0.2) is 30.3 Å². The molecule has 0 heterocycles. The summed E-state index contributed by atoms with van der Waals surface area (Å²) in [6.07, 6.45) is 0. The fourth-order valence-corrected chi connectivity index (χ4v) is 1.60. The standard InChI is InChI=1S/C13H20N2O3/c1-17-9-12(11-5-3-2-4-6-11)15-7-8-18-10-13(14)16/h2-6,12,15H,7-10H2,1H3,(H2,14,16). The average Bonchev–Trinajstić information content (AvgIpc) is 2.38. The molecule has 1 rings (SSSR count). The van der Waals surface area contributed by atoms with E-state index >= 15 is 0 Å². The zero-order chi connectivity index (χ0) is 13.2. The summed E-state index contributed by atoms with van der Waals surface area (Å²) >= 11 is 0. The molecule has 1 unspecified atom stereocenters. The number of rotatable bonds is 9. The summed E-state index contributed by atoms with van der Waals surface area (Å²) in [4.78, 5) is 10.5. The van der Waals surface area contributed by atoms with Crippen molar-refractivity contribution in [2.24, 2.45) is 5.73 Å². The molecular formula is C13H20N2O3. The zero-order valence-electron chi connectivity index (χ0n) is 10.6. The Morgan fingerprint density at radius 2 is 2.11 bits per heavy atom. The molecule has 0 spiro atoms. The number of nitrogens with one attached hydrogen (secondary N) is 1. The minimum atomic E-state index is -0.452. The van der Waals surface area contributed by atoms with Gasteiger partial charge in [0.1, 0.15) is 6.61 Å². The molecule has 5 heteroatoms. The van der Waals surface area contributed by atoms with Crippen molar-refractivity contribution in [3.05, 3.63) is 35.9 Å². The van der Waals surface area contributed by atoms with Gasteiger partial charge in [-0.25, -0.2) is 0 Å². The van der Waals surface area contributed by atoms with Crippen LogP contribution in [0.3, 0.4) is 0 Å². The van der Waals surface area contributed by atoms with E-state index in [-0.39, 0.29) is 12.6 Å². The lowest BCUT2D eigenvalue weighted by atomic mass is 10.1. The lowest BCUT2D eigenvalue weighted by Crippen LogP contribution is -2.29. The van der Waals surface area contributed by atoms with Gasteiger partial charge in [0.25, 0.3) is 0 Å². The van der Waals surface area contributed by atoms with Crippen LogP contribution in [0, 0.1) is 0 Å². The molecule has 18 heavy (non-hydrogen) atoms. The number of carbonyl (C=O) groups is 1. The Kier molecular flexibility index (Phi) is 7.01. The maximum Gasteiger partial charge on any atom is 0.243 e. The number of hydrogen-bond acceptors (Lipinski definition) is 4. The van der Waals surface area contributed by atoms with Crippen molar-refractivity contribution in [1.29, 1.82) is 0 Å². The molecule has 5 nitrogen and oxygen atoms in total. The molecule has 0 radical (unpaired) electrons. The van der Waals surface area contributed by atoms with E-state index in [4.69, 9.17) is 15.2 Å². The van der Waals surface area contributed by atoms with Crippen LogP contribution >= 0.6 is 0 Å². The highest BCUT2D eigenvalue weighted by Crippen LogP contribution is 2.12. The van der Waals surface area contributed by atoms with E-state index in [1.165, 1.54) is 0 Å². The van der Waals surface area contributed by atoms with Crippen molar-refractivity contribution in [3.63, 3.8) is 0 Å². The van der Waals surface area contributed by atoms with Gasteiger partial charge in [-0.2, -0.15) is 0 Å². The van der Waals surface area contributed by atoms with E-state index in [2.05, 4.69) is 5.32 Å². The molecule has 0 aliphatic heterocycles. The second-order valence-corrected chi connectivity index (χ2v) is 3.89. The highest BCUT2D eigenvalue weighted by Gasteiger charge is 2.09. The van der Waals surface area contributed by atoms with Crippen molar-refractivity contribution in [2.75, 3.05) is 33.5 Å². The van der Waals surface area contributed by atoms with Crippen LogP contribution < -0.4 is 11.1 Å². The SMILES string of the molecule is COCC(NCCOCC(N)=O)c1ccccc1. The van der Waals surface area contributed by atoms with Gasteiger partial charge in [0.2, 0.25) is 5.91 Å². The van der Waals surface area contributed by atoms with Crippen LogP contribution in [0.2, 0.25) is 0 Å². The predicted octanol–water partition coefficient (Wildman–Crippen LogP) is 0.466. The van der Waals surface area contributed by atoms with Crippen LogP contribution in [0.25, 0.3) is 0 Å². The van der Waals surface area contributed by atoms with E-state index < -0.39 is 5.91 Å². The summed E-state index contributed by atoms with van der Waals surface area (Å²) in [5.74, 6) is -0.452. The second-order valence-electron chi connectivity index (χ2n) is 3.89. The van der Waals surface area contributed by atoms with Gasteiger partial charge < -0.3 is 20.5 Å². The Balaban J connectivity index is 2.33. The summed E-state index contributed by atoms with van der Waals surface area (Å²) in [6, 6.07) is 10.2. The van der Waals surface area contributed by atoms with Gasteiger partial charge in [-0.05, 0) is 5.56 Å². The molecule has 0 fully saturated rings. The fraction of sp³-hybridized carbons (Fsp3) is 0.462. The quantitative estimate of drug-likeness (QED) is 0.626. The summed E-state index contributed by atoms with van der Waals surface area (Å²) < 4.78 is 10.3. The van der Waals surface area contributed by atoms with Crippen molar-refractivity contribution < 1.29 is 14.3 Å². The molecule has 100 valence electrons. The van der Waals surface area contributed by atoms with E-state index in [1.54, 1.807) is 7.11 Å². The third kappa shape index (κ3) is 5.77. The number of amides is 1. The van der Waals surface area contributed by atoms with Gasteiger partial charge in [-0.3, -0.25) is 4.79 Å². The van der Waals surface area contributed by atoms with Crippen LogP contribution in [-0.2, 0) is 14.3 Å². The number of methoxy groups -OCH3 is 1. The van der Waals surface area contributed by atoms with E-state index in [9.17, 15) is 4.79 Å². The normalized spacial score (nSPS) is 12.3. The summed E-state index contributed by atoms with van der Waals surface area (Å²) in [5, 5.41) is 3.31. The maximum absolute atomic E-state index is 10.5. The Morgan fingerprint density at radius 1 is 1.39 bits per heavy atom. The van der Waals surface area contributed by atoms with Gasteiger partial charge >= 0.3 is 0 Å². The zero-order valence-corrected chi connectivity index (χ0v) is 10.6. The smallest absolute Gasteiger partial charge is 0.243 e. The van der Waals surface area contributed by atoms with E-state index in [0.29, 0.717) is 19.8 Å². The first-order chi connectivity index (χ1) is 8.74. The number of hydrogen-bond donors (Lipinski definition) is 2. The molecule has 3 N–H and O–H groups in total. The van der Waals surface area contributed by atoms with Crippen molar-refractivity contribution in [1.82, 2.24) is 5.32 Å². The molecule has 0 saturated carbocycles. The molecule has 0 aliphatic carbocycles. The lowest BCUT2D eigenvalue weighted by molar-refractivity contribution is -0.122. The molecule has 1 amide bonds. The number of carbonyl (C=O) groups excluding carboxylic acids is 1. The molecule has 0 saturated heterocycles. The van der Waals surface area contributed by atoms with Crippen LogP contribution in [0.1, 0.15) is 11.6 Å². The van der Waals surface area contributed by atoms with Gasteiger partial charge in [0.15, 0.2) is 0 Å². The first kappa shape index (κ1) is 14.6. The Hall–Kier alpha value is -1.43. The average molecular weight is 252 g/mol. The molecule has 1 aromatic rings. The number of ether oxygens (including phenoxy) is 2. The first-order valence-corrected chi connectivity index (χ1v) is 5.87. The van der Waals surface area contributed by atoms with Gasteiger partial charge in [0, 0.05) is 13.7 Å². The number of primary amides is 1. The first-order valence-electron chi connectivity index (χ1n) is 5.87. The third-order valence-electron chi connectivity index (χ3n) is 2.42. The van der Waals surface area contributed by atoms with Crippen LogP contribution in [0.5, 0.6) is 0 Å². The Bertz CT molecular complexity index is 343. The molecule has 0 bridgehead atoms. The van der Waals surface area contributed by atoms with Crippen LogP contribution in [0.4, 0.5) is 0 Å². The van der Waals surface area contributed by atoms with E-state index in [0.717, 1.165) is 5.56 Å². The van der Waals surface area contributed by atoms with Crippen molar-refractivity contribution >= 4 is 5.91 Å². The highest BCUT2D eigenvalue weighted by molar-refractivity contribution is 5.74. The predicted molar refractivity (Wildman–Crippen MR) is 69.1 cm³/mol. The topological polar surface area (TPSA) is 73.6 Å². The largest absolute Gasteiger partial charge is 0.383 e. The fourth-order valence-electron chi connectivity index (χ4n) is 1.60. The number of benzene rings is 1.